The molecule has 3 atom stereocenters. The number of rotatable bonds is 15. The minimum Gasteiger partial charge on any atom is -0.508 e. The van der Waals surface area contributed by atoms with Crippen LogP contribution in [0.2, 0.25) is 0 Å². The van der Waals surface area contributed by atoms with Crippen LogP contribution < -0.4 is 42.5 Å². The minimum atomic E-state index is -1.56. The summed E-state index contributed by atoms with van der Waals surface area (Å²) in [6.07, 6.45) is -6.22. The first-order chi connectivity index (χ1) is 38.3. The third-order valence-corrected chi connectivity index (χ3v) is 10.1. The number of hydrogen-bond donors (Lipinski definition) is 9. The van der Waals surface area contributed by atoms with E-state index in [1.54, 1.807) is 157 Å². The van der Waals surface area contributed by atoms with E-state index in [9.17, 15) is 38.7 Å². The molecule has 0 heterocycles. The fraction of sp³-hybridized carbons (Fsp3) is 0.603. The van der Waals surface area contributed by atoms with Crippen molar-refractivity contribution in [3.8, 4) is 5.75 Å². The van der Waals surface area contributed by atoms with E-state index in [4.69, 9.17) is 28.4 Å². The number of aryl methyl sites for hydroxylation is 2. The van der Waals surface area contributed by atoms with Crippen LogP contribution in [0.25, 0.3) is 0 Å². The predicted octanol–water partition coefficient (Wildman–Crippen LogP) is 8.13. The maximum atomic E-state index is 15.0. The van der Waals surface area contributed by atoms with Gasteiger partial charge in [0, 0.05) is 19.5 Å². The summed E-state index contributed by atoms with van der Waals surface area (Å²) < 4.78 is 32.6. The first-order valence-corrected chi connectivity index (χ1v) is 27.4. The molecule has 0 aliphatic carbocycles. The Hall–Kier alpha value is -8.19. The number of aliphatic imine (C=N–C) groups is 3. The first kappa shape index (κ1) is 71.9. The Labute approximate surface area is 493 Å². The molecule has 0 bridgehead atoms. The topological polar surface area (TPSA) is 345 Å². The molecule has 26 heteroatoms. The SMILES string of the molecule is Cc1cc(O)cc(C)c1CC(N=C(NC(=O)OC(C)(C)C)NC(=O)OC(C)(C)C)C(=O)NC(CCCN=C(NC(=O)OC(C)(C)C)NC(=O)OC(C)(C)C)C(=O)NCC(Cc1ccccc1)N=C(NC(=O)OC(C)(C)C)NC(=O)OC(C)(C)C. The van der Waals surface area contributed by atoms with Crippen LogP contribution in [-0.2, 0) is 50.9 Å². The van der Waals surface area contributed by atoms with Gasteiger partial charge in [-0.2, -0.15) is 0 Å². The maximum Gasteiger partial charge on any atom is 0.414 e. The molecule has 9 N–H and O–H groups in total. The molecular formula is C58H91N11O15. The molecule has 0 aliphatic heterocycles. The number of benzene rings is 2. The van der Waals surface area contributed by atoms with E-state index in [0.717, 1.165) is 5.56 Å². The van der Waals surface area contributed by atoms with Gasteiger partial charge in [-0.3, -0.25) is 46.5 Å². The Morgan fingerprint density at radius 3 is 1.21 bits per heavy atom. The number of aromatic hydroxyl groups is 1. The highest BCUT2D eigenvalue weighted by molar-refractivity contribution is 6.04. The standard InChI is InChI=1S/C58H91N11O15/c1-34-29-38(70)30-35(2)39(34)32-41(63-46(68-51(77)83-57(15,16)17)69-52(78)84-58(18,19)20)43(72)62-40(27-24-28-59-44(64-47(73)79-53(3,4)5)65-48(74)80-54(6,7)8)42(71)60-33-37(31-36-25-22-21-23-26-36)61-45(66-49(75)81-55(9,10)11)67-50(76)82-56(12,13)14/h21-23,25-26,29-30,37,40-41,70H,24,27-28,31-33H2,1-20H3,(H,60,71)(H,62,72)(H2,59,64,65,73,74)(H2,61,66,67,75,76)(H2,63,68,69,77,78). The van der Waals surface area contributed by atoms with Crippen molar-refractivity contribution in [1.82, 2.24) is 42.5 Å². The van der Waals surface area contributed by atoms with Gasteiger partial charge in [-0.25, -0.2) is 38.8 Å². The summed E-state index contributed by atoms with van der Waals surface area (Å²) in [7, 11) is 0. The number of amides is 8. The Balaban J connectivity index is 2.91. The molecule has 2 aromatic carbocycles. The molecule has 0 aromatic heterocycles. The van der Waals surface area contributed by atoms with E-state index in [1.807, 2.05) is 12.1 Å². The molecule has 0 saturated carbocycles. The number of carbonyl (C=O) groups excluding carboxylic acids is 8. The van der Waals surface area contributed by atoms with Gasteiger partial charge in [0.25, 0.3) is 0 Å². The second-order valence-corrected chi connectivity index (χ2v) is 25.5. The normalized spacial score (nSPS) is 12.9. The van der Waals surface area contributed by atoms with Crippen LogP contribution >= 0.6 is 0 Å². The number of nitrogens with zero attached hydrogens (tertiary/aromatic N) is 3. The van der Waals surface area contributed by atoms with Crippen molar-refractivity contribution in [2.75, 3.05) is 13.1 Å². The van der Waals surface area contributed by atoms with Crippen molar-refractivity contribution in [1.29, 1.82) is 0 Å². The molecule has 468 valence electrons. The van der Waals surface area contributed by atoms with Crippen LogP contribution in [0.4, 0.5) is 28.8 Å². The summed E-state index contributed by atoms with van der Waals surface area (Å²) >= 11 is 0. The number of phenols is 1. The molecule has 0 radical (unpaired) electrons. The smallest absolute Gasteiger partial charge is 0.414 e. The van der Waals surface area contributed by atoms with Gasteiger partial charge in [0.2, 0.25) is 29.7 Å². The summed E-state index contributed by atoms with van der Waals surface area (Å²) in [4.78, 5) is 122. The van der Waals surface area contributed by atoms with Crippen LogP contribution in [0.1, 0.15) is 160 Å². The van der Waals surface area contributed by atoms with Gasteiger partial charge >= 0.3 is 36.6 Å². The Bertz CT molecular complexity index is 2590. The van der Waals surface area contributed by atoms with Crippen molar-refractivity contribution in [3.63, 3.8) is 0 Å². The predicted molar refractivity (Wildman–Crippen MR) is 317 cm³/mol. The van der Waals surface area contributed by atoms with E-state index in [0.29, 0.717) is 16.7 Å². The van der Waals surface area contributed by atoms with Gasteiger partial charge in [0.1, 0.15) is 51.4 Å². The lowest BCUT2D eigenvalue weighted by molar-refractivity contribution is -0.129. The molecule has 2 aromatic rings. The molecule has 0 aliphatic rings. The quantitative estimate of drug-likeness (QED) is 0.0352. The monoisotopic (exact) mass is 1180 g/mol. The molecule has 0 fully saturated rings. The second-order valence-electron chi connectivity index (χ2n) is 25.5. The molecule has 84 heavy (non-hydrogen) atoms. The van der Waals surface area contributed by atoms with Gasteiger partial charge in [-0.1, -0.05) is 30.3 Å². The van der Waals surface area contributed by atoms with Crippen LogP contribution in [0.15, 0.2) is 57.4 Å². The van der Waals surface area contributed by atoms with E-state index in [2.05, 4.69) is 57.5 Å². The lowest BCUT2D eigenvalue weighted by atomic mass is 9.95. The lowest BCUT2D eigenvalue weighted by Crippen LogP contribution is -2.52. The zero-order chi connectivity index (χ0) is 64.2. The number of ether oxygens (including phenoxy) is 6. The average molecular weight is 1180 g/mol. The summed E-state index contributed by atoms with van der Waals surface area (Å²) in [5.74, 6) is -3.00. The Kier molecular flexibility index (Phi) is 26.5. The minimum absolute atomic E-state index is 0.0149. The molecule has 3 unspecified atom stereocenters. The molecule has 0 saturated heterocycles. The van der Waals surface area contributed by atoms with Crippen LogP contribution in [0, 0.1) is 13.8 Å². The lowest BCUT2D eigenvalue weighted by Gasteiger charge is -2.25. The molecule has 0 spiro atoms. The van der Waals surface area contributed by atoms with Gasteiger partial charge in [0.05, 0.1) is 6.04 Å². The largest absolute Gasteiger partial charge is 0.508 e. The van der Waals surface area contributed by atoms with E-state index in [-0.39, 0.29) is 56.4 Å². The number of hydrogen-bond acceptors (Lipinski definition) is 18. The number of phenolic OH excluding ortho intramolecular Hbond substituents is 1. The second kappa shape index (κ2) is 30.9. The highest BCUT2D eigenvalue weighted by Crippen LogP contribution is 2.24. The van der Waals surface area contributed by atoms with Crippen LogP contribution in [0.5, 0.6) is 5.75 Å². The van der Waals surface area contributed by atoms with Crippen LogP contribution in [-0.4, -0.2) is 136 Å². The van der Waals surface area contributed by atoms with Gasteiger partial charge < -0.3 is 44.2 Å². The summed E-state index contributed by atoms with van der Waals surface area (Å²) in [6, 6.07) is 7.99. The summed E-state index contributed by atoms with van der Waals surface area (Å²) in [6.45, 7) is 32.3. The third kappa shape index (κ3) is 32.4. The summed E-state index contributed by atoms with van der Waals surface area (Å²) in [5.41, 5.74) is -3.42. The highest BCUT2D eigenvalue weighted by atomic mass is 16.6. The Morgan fingerprint density at radius 1 is 0.488 bits per heavy atom. The number of guanidine groups is 3. The first-order valence-electron chi connectivity index (χ1n) is 27.4. The molecule has 26 nitrogen and oxygen atoms in total. The van der Waals surface area contributed by atoms with Crippen LogP contribution in [0.3, 0.4) is 0 Å². The van der Waals surface area contributed by atoms with Crippen molar-refractivity contribution < 1.29 is 71.9 Å². The fourth-order valence-electron chi connectivity index (χ4n) is 7.14. The van der Waals surface area contributed by atoms with Crippen molar-refractivity contribution >= 4 is 66.3 Å². The van der Waals surface area contributed by atoms with Crippen molar-refractivity contribution in [2.45, 2.75) is 216 Å². The van der Waals surface area contributed by atoms with Crippen molar-refractivity contribution in [3.05, 3.63) is 64.7 Å². The number of alkyl carbamates (subject to hydrolysis) is 6. The zero-order valence-electron chi connectivity index (χ0n) is 52.5. The molecular weight excluding hydrogens is 1090 g/mol. The number of nitrogens with one attached hydrogen (secondary N) is 8. The highest BCUT2D eigenvalue weighted by Gasteiger charge is 2.31. The van der Waals surface area contributed by atoms with E-state index in [1.165, 1.54) is 12.1 Å². The number of carbonyl (C=O) groups is 8. The zero-order valence-corrected chi connectivity index (χ0v) is 52.5. The molecule has 2 rings (SSSR count). The van der Waals surface area contributed by atoms with Crippen molar-refractivity contribution in [2.24, 2.45) is 15.0 Å². The van der Waals surface area contributed by atoms with E-state index < -0.39 is 106 Å². The summed E-state index contributed by atoms with van der Waals surface area (Å²) in [5, 5.41) is 30.6. The third-order valence-electron chi connectivity index (χ3n) is 10.1. The van der Waals surface area contributed by atoms with Gasteiger partial charge in [0.15, 0.2) is 0 Å². The Morgan fingerprint density at radius 2 is 0.845 bits per heavy atom. The van der Waals surface area contributed by atoms with E-state index >= 15 is 4.79 Å². The van der Waals surface area contributed by atoms with Gasteiger partial charge in [-0.15, -0.1) is 0 Å². The fourth-order valence-corrected chi connectivity index (χ4v) is 7.14. The molecule has 8 amide bonds. The average Bonchev–Trinajstić information content (AvgIpc) is 3.07. The van der Waals surface area contributed by atoms with Gasteiger partial charge in [-0.05, 0) is 192 Å². The maximum absolute atomic E-state index is 15.0.